The predicted octanol–water partition coefficient (Wildman–Crippen LogP) is 2.90. The normalized spacial score (nSPS) is 10.0. The van der Waals surface area contributed by atoms with Crippen LogP contribution in [0.1, 0.15) is 18.1 Å². The van der Waals surface area contributed by atoms with Gasteiger partial charge in [0, 0.05) is 18.0 Å². The maximum absolute atomic E-state index is 10.4. The van der Waals surface area contributed by atoms with Crippen molar-refractivity contribution < 1.29 is 4.92 Å². The van der Waals surface area contributed by atoms with Gasteiger partial charge in [-0.1, -0.05) is 13.0 Å². The van der Waals surface area contributed by atoms with Gasteiger partial charge in [-0.3, -0.25) is 10.1 Å². The van der Waals surface area contributed by atoms with Crippen molar-refractivity contribution in [1.82, 2.24) is 0 Å². The van der Waals surface area contributed by atoms with Crippen molar-refractivity contribution in [3.8, 4) is 0 Å². The molecule has 0 aliphatic heterocycles. The summed E-state index contributed by atoms with van der Waals surface area (Å²) in [4.78, 5) is 10.0. The fraction of sp³-hybridized carbons (Fsp3) is 0.333. The summed E-state index contributed by atoms with van der Waals surface area (Å²) in [6.45, 7) is 1.95. The molecule has 13 heavy (non-hydrogen) atoms. The molecule has 0 amide bonds. The molecule has 0 aliphatic rings. The van der Waals surface area contributed by atoms with Crippen LogP contribution in [0.15, 0.2) is 18.2 Å². The lowest BCUT2D eigenvalue weighted by molar-refractivity contribution is -0.384. The van der Waals surface area contributed by atoms with E-state index in [9.17, 15) is 10.1 Å². The van der Waals surface area contributed by atoms with E-state index in [1.165, 1.54) is 6.07 Å². The van der Waals surface area contributed by atoms with E-state index in [0.717, 1.165) is 17.5 Å². The topological polar surface area (TPSA) is 43.1 Å². The van der Waals surface area contributed by atoms with E-state index in [1.54, 1.807) is 12.1 Å². The van der Waals surface area contributed by atoms with Crippen molar-refractivity contribution >= 4 is 17.3 Å². The third kappa shape index (κ3) is 2.18. The van der Waals surface area contributed by atoms with Crippen LogP contribution in [-0.2, 0) is 12.3 Å². The number of rotatable bonds is 3. The molecule has 0 aliphatic carbocycles. The van der Waals surface area contributed by atoms with Crippen molar-refractivity contribution in [3.63, 3.8) is 0 Å². The van der Waals surface area contributed by atoms with Crippen molar-refractivity contribution in [2.24, 2.45) is 0 Å². The van der Waals surface area contributed by atoms with Gasteiger partial charge in [-0.15, -0.1) is 11.6 Å². The van der Waals surface area contributed by atoms with Gasteiger partial charge in [-0.2, -0.15) is 0 Å². The molecule has 70 valence electrons. The number of hydrogen-bond donors (Lipinski definition) is 0. The molecular formula is C9H10ClNO2. The average Bonchev–Trinajstić information content (AvgIpc) is 2.16. The quantitative estimate of drug-likeness (QED) is 0.427. The number of aryl methyl sites for hydroxylation is 1. The minimum atomic E-state index is -0.392. The molecule has 0 radical (unpaired) electrons. The summed E-state index contributed by atoms with van der Waals surface area (Å²) in [6.07, 6.45) is 0.768. The van der Waals surface area contributed by atoms with Crippen LogP contribution in [0.3, 0.4) is 0 Å². The minimum Gasteiger partial charge on any atom is -0.258 e. The van der Waals surface area contributed by atoms with Gasteiger partial charge in [-0.25, -0.2) is 0 Å². The highest BCUT2D eigenvalue weighted by Gasteiger charge is 2.08. The van der Waals surface area contributed by atoms with E-state index in [-0.39, 0.29) is 5.69 Å². The summed E-state index contributed by atoms with van der Waals surface area (Å²) in [6, 6.07) is 4.78. The number of nitro benzene ring substituents is 1. The second-order valence-corrected chi connectivity index (χ2v) is 2.96. The number of halogens is 1. The Morgan fingerprint density at radius 3 is 2.62 bits per heavy atom. The molecule has 0 saturated heterocycles. The van der Waals surface area contributed by atoms with E-state index in [0.29, 0.717) is 5.88 Å². The molecule has 4 heteroatoms. The summed E-state index contributed by atoms with van der Waals surface area (Å²) in [5, 5.41) is 10.4. The number of hydrogen-bond acceptors (Lipinski definition) is 2. The molecule has 0 N–H and O–H groups in total. The average molecular weight is 200 g/mol. The molecule has 0 bridgehead atoms. The van der Waals surface area contributed by atoms with Crippen molar-refractivity contribution in [1.29, 1.82) is 0 Å². The number of alkyl halides is 1. The molecule has 3 nitrogen and oxygen atoms in total. The summed E-state index contributed by atoms with van der Waals surface area (Å²) in [7, 11) is 0. The summed E-state index contributed by atoms with van der Waals surface area (Å²) < 4.78 is 0. The first-order valence-corrected chi connectivity index (χ1v) is 4.54. The first-order chi connectivity index (χ1) is 6.19. The monoisotopic (exact) mass is 199 g/mol. The first kappa shape index (κ1) is 9.99. The van der Waals surface area contributed by atoms with E-state index >= 15 is 0 Å². The van der Waals surface area contributed by atoms with Gasteiger partial charge in [-0.05, 0) is 17.5 Å². The molecule has 0 unspecified atom stereocenters. The van der Waals surface area contributed by atoms with E-state index in [4.69, 9.17) is 11.6 Å². The molecule has 1 rings (SSSR count). The Hall–Kier alpha value is -1.09. The maximum atomic E-state index is 10.4. The zero-order valence-electron chi connectivity index (χ0n) is 7.29. The maximum Gasteiger partial charge on any atom is 0.269 e. The largest absolute Gasteiger partial charge is 0.269 e. The molecule has 0 atom stereocenters. The molecule has 0 fully saturated rings. The van der Waals surface area contributed by atoms with Gasteiger partial charge in [0.25, 0.3) is 5.69 Å². The Morgan fingerprint density at radius 1 is 1.46 bits per heavy atom. The standard InChI is InChI=1S/C9H10ClNO2/c1-2-7-5-9(11(12)13)4-3-8(7)6-10/h3-5H,2,6H2,1H3. The molecular weight excluding hydrogens is 190 g/mol. The summed E-state index contributed by atoms with van der Waals surface area (Å²) >= 11 is 5.67. The fourth-order valence-corrected chi connectivity index (χ4v) is 1.45. The number of nitrogens with zero attached hydrogens (tertiary/aromatic N) is 1. The lowest BCUT2D eigenvalue weighted by Gasteiger charge is -2.03. The van der Waals surface area contributed by atoms with Crippen LogP contribution in [0.25, 0.3) is 0 Å². The van der Waals surface area contributed by atoms with E-state index in [1.807, 2.05) is 6.92 Å². The lowest BCUT2D eigenvalue weighted by atomic mass is 10.1. The van der Waals surface area contributed by atoms with Crippen LogP contribution in [0, 0.1) is 10.1 Å². The van der Waals surface area contributed by atoms with Gasteiger partial charge < -0.3 is 0 Å². The molecule has 1 aromatic rings. The number of nitro groups is 1. The van der Waals surface area contributed by atoms with E-state index in [2.05, 4.69) is 0 Å². The van der Waals surface area contributed by atoms with E-state index < -0.39 is 4.92 Å². The Balaban J connectivity index is 3.13. The highest BCUT2D eigenvalue weighted by Crippen LogP contribution is 2.19. The smallest absolute Gasteiger partial charge is 0.258 e. The first-order valence-electron chi connectivity index (χ1n) is 4.01. The molecule has 0 spiro atoms. The molecule has 0 saturated carbocycles. The van der Waals surface area contributed by atoms with Crippen LogP contribution < -0.4 is 0 Å². The molecule has 0 aromatic heterocycles. The Labute approximate surface area is 81.5 Å². The SMILES string of the molecule is CCc1cc([N+](=O)[O-])ccc1CCl. The minimum absolute atomic E-state index is 0.130. The van der Waals surface area contributed by atoms with Gasteiger partial charge in [0.1, 0.15) is 0 Å². The van der Waals surface area contributed by atoms with Crippen LogP contribution in [0.2, 0.25) is 0 Å². The second kappa shape index (κ2) is 4.23. The van der Waals surface area contributed by atoms with Crippen LogP contribution in [0.4, 0.5) is 5.69 Å². The lowest BCUT2D eigenvalue weighted by Crippen LogP contribution is -1.93. The van der Waals surface area contributed by atoms with Crippen molar-refractivity contribution in [3.05, 3.63) is 39.4 Å². The van der Waals surface area contributed by atoms with Crippen LogP contribution in [0.5, 0.6) is 0 Å². The van der Waals surface area contributed by atoms with Crippen LogP contribution >= 0.6 is 11.6 Å². The highest BCUT2D eigenvalue weighted by atomic mass is 35.5. The molecule has 1 aromatic carbocycles. The summed E-state index contributed by atoms with van der Waals surface area (Å²) in [5.74, 6) is 0.404. The number of benzene rings is 1. The van der Waals surface area contributed by atoms with Gasteiger partial charge in [0.2, 0.25) is 0 Å². The predicted molar refractivity (Wildman–Crippen MR) is 52.0 cm³/mol. The zero-order chi connectivity index (χ0) is 9.84. The summed E-state index contributed by atoms with van der Waals surface area (Å²) in [5.41, 5.74) is 2.05. The third-order valence-electron chi connectivity index (χ3n) is 1.93. The van der Waals surface area contributed by atoms with Gasteiger partial charge in [0.15, 0.2) is 0 Å². The molecule has 0 heterocycles. The van der Waals surface area contributed by atoms with Gasteiger partial charge in [0.05, 0.1) is 4.92 Å². The van der Waals surface area contributed by atoms with Crippen molar-refractivity contribution in [2.75, 3.05) is 0 Å². The number of non-ortho nitro benzene ring substituents is 1. The van der Waals surface area contributed by atoms with Crippen LogP contribution in [-0.4, -0.2) is 4.92 Å². The third-order valence-corrected chi connectivity index (χ3v) is 2.21. The zero-order valence-corrected chi connectivity index (χ0v) is 8.04. The van der Waals surface area contributed by atoms with Crippen molar-refractivity contribution in [2.45, 2.75) is 19.2 Å². The van der Waals surface area contributed by atoms with Gasteiger partial charge >= 0.3 is 0 Å². The fourth-order valence-electron chi connectivity index (χ4n) is 1.19. The Kier molecular flexibility index (Phi) is 3.25. The highest BCUT2D eigenvalue weighted by molar-refractivity contribution is 6.17. The second-order valence-electron chi connectivity index (χ2n) is 2.70. The Morgan fingerprint density at radius 2 is 2.15 bits per heavy atom. The Bertz CT molecular complexity index is 325.